The van der Waals surface area contributed by atoms with Crippen molar-refractivity contribution in [2.75, 3.05) is 0 Å². The highest BCUT2D eigenvalue weighted by Gasteiger charge is 2.22. The van der Waals surface area contributed by atoms with E-state index in [1.807, 2.05) is 12.3 Å². The van der Waals surface area contributed by atoms with Crippen LogP contribution >= 0.6 is 0 Å². The number of hydrogen-bond acceptors (Lipinski definition) is 2. The zero-order valence-corrected chi connectivity index (χ0v) is 10.6. The molecule has 1 aliphatic carbocycles. The molecule has 3 nitrogen and oxygen atoms in total. The lowest BCUT2D eigenvalue weighted by molar-refractivity contribution is -0.122. The maximum atomic E-state index is 11.8. The normalized spacial score (nSPS) is 18.9. The number of carbonyl (C=O) groups excluding carboxylic acids is 1. The molecule has 1 aromatic rings. The zero-order valence-electron chi connectivity index (χ0n) is 10.6. The number of nitrogens with zero attached hydrogens (tertiary/aromatic N) is 1. The van der Waals surface area contributed by atoms with Crippen LogP contribution in [-0.4, -0.2) is 10.9 Å². The van der Waals surface area contributed by atoms with Gasteiger partial charge in [-0.1, -0.05) is 19.9 Å². The van der Waals surface area contributed by atoms with Crippen LogP contribution in [0.3, 0.4) is 0 Å². The molecular weight excluding hydrogens is 212 g/mol. The van der Waals surface area contributed by atoms with E-state index in [4.69, 9.17) is 0 Å². The van der Waals surface area contributed by atoms with Gasteiger partial charge in [0.05, 0.1) is 11.7 Å². The summed E-state index contributed by atoms with van der Waals surface area (Å²) in [4.78, 5) is 16.2. The average molecular weight is 232 g/mol. The molecule has 0 unspecified atom stereocenters. The molecule has 2 rings (SSSR count). The molecule has 1 atom stereocenters. The fourth-order valence-corrected chi connectivity index (χ4v) is 2.37. The molecule has 0 saturated heterocycles. The van der Waals surface area contributed by atoms with E-state index in [1.54, 1.807) is 0 Å². The Kier molecular flexibility index (Phi) is 3.77. The molecule has 1 aliphatic rings. The van der Waals surface area contributed by atoms with Crippen molar-refractivity contribution < 1.29 is 4.79 Å². The van der Waals surface area contributed by atoms with Gasteiger partial charge in [-0.3, -0.25) is 9.78 Å². The van der Waals surface area contributed by atoms with Crippen LogP contribution in [0.1, 0.15) is 50.4 Å². The van der Waals surface area contributed by atoms with Crippen LogP contribution < -0.4 is 5.32 Å². The number of pyridine rings is 1. The number of fused-ring (bicyclic) bond motifs is 1. The van der Waals surface area contributed by atoms with E-state index < -0.39 is 0 Å². The number of carbonyl (C=O) groups is 1. The van der Waals surface area contributed by atoms with Gasteiger partial charge in [-0.25, -0.2) is 0 Å². The van der Waals surface area contributed by atoms with Crippen LogP contribution in [0.25, 0.3) is 0 Å². The molecule has 3 heteroatoms. The van der Waals surface area contributed by atoms with Crippen LogP contribution in [0, 0.1) is 5.92 Å². The number of nitrogens with one attached hydrogen (secondary N) is 1. The second-order valence-corrected chi connectivity index (χ2v) is 5.16. The summed E-state index contributed by atoms with van der Waals surface area (Å²) in [5.74, 6) is 0.547. The fraction of sp³-hybridized carbons (Fsp3) is 0.571. The van der Waals surface area contributed by atoms with Gasteiger partial charge in [0.25, 0.3) is 0 Å². The first-order valence-electron chi connectivity index (χ1n) is 6.40. The second-order valence-electron chi connectivity index (χ2n) is 5.16. The predicted molar refractivity (Wildman–Crippen MR) is 67.5 cm³/mol. The third kappa shape index (κ3) is 3.05. The summed E-state index contributed by atoms with van der Waals surface area (Å²) in [5, 5.41) is 3.10. The second kappa shape index (κ2) is 5.30. The Morgan fingerprint density at radius 3 is 3.18 bits per heavy atom. The van der Waals surface area contributed by atoms with Crippen molar-refractivity contribution in [3.63, 3.8) is 0 Å². The lowest BCUT2D eigenvalue weighted by Gasteiger charge is -2.25. The lowest BCUT2D eigenvalue weighted by atomic mass is 9.91. The molecule has 0 bridgehead atoms. The standard InChI is InChI=1S/C14H20N2O/c1-10(2)9-13(17)16-12-7-3-5-11-6-4-8-15-14(11)12/h4,6,8,10,12H,3,5,7,9H2,1-2H3,(H,16,17)/t12-/m1/s1. The number of amides is 1. The highest BCUT2D eigenvalue weighted by molar-refractivity contribution is 5.76. The van der Waals surface area contributed by atoms with Crippen LogP contribution in [0.2, 0.25) is 0 Å². The first kappa shape index (κ1) is 12.1. The number of hydrogen-bond donors (Lipinski definition) is 1. The van der Waals surface area contributed by atoms with Crippen molar-refractivity contribution >= 4 is 5.91 Å². The Balaban J connectivity index is 2.06. The summed E-state index contributed by atoms with van der Waals surface area (Å²) in [6.45, 7) is 4.12. The first-order valence-corrected chi connectivity index (χ1v) is 6.40. The quantitative estimate of drug-likeness (QED) is 0.870. The summed E-state index contributed by atoms with van der Waals surface area (Å²) in [7, 11) is 0. The minimum absolute atomic E-state index is 0.117. The smallest absolute Gasteiger partial charge is 0.220 e. The minimum atomic E-state index is 0.117. The molecule has 0 aromatic carbocycles. The Labute approximate surface area is 103 Å². The van der Waals surface area contributed by atoms with Gasteiger partial charge in [0.15, 0.2) is 0 Å². The van der Waals surface area contributed by atoms with E-state index in [1.165, 1.54) is 5.56 Å². The third-order valence-corrected chi connectivity index (χ3v) is 3.12. The lowest BCUT2D eigenvalue weighted by Crippen LogP contribution is -2.32. The van der Waals surface area contributed by atoms with Crippen molar-refractivity contribution in [1.82, 2.24) is 10.3 Å². The van der Waals surface area contributed by atoms with Crippen LogP contribution in [-0.2, 0) is 11.2 Å². The van der Waals surface area contributed by atoms with Crippen molar-refractivity contribution in [2.24, 2.45) is 5.92 Å². The monoisotopic (exact) mass is 232 g/mol. The molecule has 1 heterocycles. The summed E-state index contributed by atoms with van der Waals surface area (Å²) in [6.07, 6.45) is 5.63. The van der Waals surface area contributed by atoms with E-state index in [2.05, 4.69) is 30.2 Å². The summed E-state index contributed by atoms with van der Waals surface area (Å²) >= 11 is 0. The van der Waals surface area contributed by atoms with Crippen LogP contribution in [0.15, 0.2) is 18.3 Å². The molecule has 17 heavy (non-hydrogen) atoms. The van der Waals surface area contributed by atoms with E-state index in [9.17, 15) is 4.79 Å². The fourth-order valence-electron chi connectivity index (χ4n) is 2.37. The van der Waals surface area contributed by atoms with Gasteiger partial charge in [0.2, 0.25) is 5.91 Å². The molecular formula is C14H20N2O. The molecule has 0 radical (unpaired) electrons. The molecule has 0 aliphatic heterocycles. The van der Waals surface area contributed by atoms with Gasteiger partial charge in [0, 0.05) is 12.6 Å². The topological polar surface area (TPSA) is 42.0 Å². The van der Waals surface area contributed by atoms with Crippen molar-refractivity contribution in [2.45, 2.75) is 45.6 Å². The first-order chi connectivity index (χ1) is 8.16. The maximum absolute atomic E-state index is 11.8. The minimum Gasteiger partial charge on any atom is -0.348 e. The largest absolute Gasteiger partial charge is 0.348 e. The summed E-state index contributed by atoms with van der Waals surface area (Å²) in [6, 6.07) is 4.20. The average Bonchev–Trinajstić information content (AvgIpc) is 2.28. The van der Waals surface area contributed by atoms with Crippen molar-refractivity contribution in [3.8, 4) is 0 Å². The van der Waals surface area contributed by atoms with Crippen molar-refractivity contribution in [3.05, 3.63) is 29.6 Å². The summed E-state index contributed by atoms with van der Waals surface area (Å²) < 4.78 is 0. The predicted octanol–water partition coefficient (Wildman–Crippen LogP) is 2.62. The Morgan fingerprint density at radius 2 is 2.41 bits per heavy atom. The molecule has 0 saturated carbocycles. The summed E-state index contributed by atoms with van der Waals surface area (Å²) in [5.41, 5.74) is 2.35. The van der Waals surface area contributed by atoms with Gasteiger partial charge in [-0.15, -0.1) is 0 Å². The van der Waals surface area contributed by atoms with E-state index in [0.717, 1.165) is 25.0 Å². The SMILES string of the molecule is CC(C)CC(=O)N[C@@H]1CCCc2cccnc21. The third-order valence-electron chi connectivity index (χ3n) is 3.12. The molecule has 0 spiro atoms. The number of aryl methyl sites for hydroxylation is 1. The van der Waals surface area contributed by atoms with Crippen molar-refractivity contribution in [1.29, 1.82) is 0 Å². The van der Waals surface area contributed by atoms with Gasteiger partial charge in [-0.05, 0) is 36.8 Å². The maximum Gasteiger partial charge on any atom is 0.220 e. The highest BCUT2D eigenvalue weighted by Crippen LogP contribution is 2.27. The van der Waals surface area contributed by atoms with Gasteiger partial charge < -0.3 is 5.32 Å². The van der Waals surface area contributed by atoms with E-state index in [-0.39, 0.29) is 11.9 Å². The number of aromatic nitrogens is 1. The van der Waals surface area contributed by atoms with Crippen LogP contribution in [0.4, 0.5) is 0 Å². The molecule has 1 N–H and O–H groups in total. The number of rotatable bonds is 3. The molecule has 1 aromatic heterocycles. The van der Waals surface area contributed by atoms with Gasteiger partial charge in [-0.2, -0.15) is 0 Å². The Bertz CT molecular complexity index is 401. The van der Waals surface area contributed by atoms with Gasteiger partial charge >= 0.3 is 0 Å². The van der Waals surface area contributed by atoms with Gasteiger partial charge in [0.1, 0.15) is 0 Å². The zero-order chi connectivity index (χ0) is 12.3. The highest BCUT2D eigenvalue weighted by atomic mass is 16.1. The van der Waals surface area contributed by atoms with E-state index >= 15 is 0 Å². The Hall–Kier alpha value is -1.38. The molecule has 0 fully saturated rings. The molecule has 1 amide bonds. The Morgan fingerprint density at radius 1 is 1.59 bits per heavy atom. The van der Waals surface area contributed by atoms with Crippen LogP contribution in [0.5, 0.6) is 0 Å². The molecule has 92 valence electrons. The van der Waals surface area contributed by atoms with E-state index in [0.29, 0.717) is 12.3 Å².